The molecule has 5 rings (SSSR count). The van der Waals surface area contributed by atoms with E-state index in [9.17, 15) is 19.5 Å². The molecule has 1 saturated carbocycles. The van der Waals surface area contributed by atoms with Gasteiger partial charge in [-0.2, -0.15) is 0 Å². The summed E-state index contributed by atoms with van der Waals surface area (Å²) in [6, 6.07) is 16.5. The molecule has 0 bridgehead atoms. The van der Waals surface area contributed by atoms with Gasteiger partial charge in [0.15, 0.2) is 0 Å². The third-order valence-corrected chi connectivity index (χ3v) is 7.98. The molecule has 2 fully saturated rings. The zero-order valence-electron chi connectivity index (χ0n) is 20.0. The largest absolute Gasteiger partial charge is 0.481 e. The van der Waals surface area contributed by atoms with Gasteiger partial charge >= 0.3 is 12.1 Å². The Morgan fingerprint density at radius 1 is 0.971 bits per heavy atom. The molecule has 2 N–H and O–H groups in total. The van der Waals surface area contributed by atoms with E-state index in [1.165, 1.54) is 22.3 Å². The predicted molar refractivity (Wildman–Crippen MR) is 131 cm³/mol. The normalized spacial score (nSPS) is 22.5. The van der Waals surface area contributed by atoms with Crippen molar-refractivity contribution in [1.29, 1.82) is 0 Å². The first kappa shape index (κ1) is 23.4. The van der Waals surface area contributed by atoms with Crippen LogP contribution in [0, 0.1) is 17.3 Å². The number of carboxylic acid groups (broad SMARTS) is 1. The second-order valence-corrected chi connectivity index (χ2v) is 10.5. The Kier molecular flexibility index (Phi) is 6.26. The summed E-state index contributed by atoms with van der Waals surface area (Å²) in [4.78, 5) is 38.1. The van der Waals surface area contributed by atoms with Crippen molar-refractivity contribution in [2.24, 2.45) is 17.3 Å². The fourth-order valence-electron chi connectivity index (χ4n) is 5.84. The van der Waals surface area contributed by atoms with Crippen LogP contribution >= 0.6 is 0 Å². The lowest BCUT2D eigenvalue weighted by Crippen LogP contribution is -2.61. The maximum absolute atomic E-state index is 12.7. The van der Waals surface area contributed by atoms with Crippen molar-refractivity contribution >= 4 is 18.0 Å². The number of fused-ring (bicyclic) bond motifs is 3. The minimum absolute atomic E-state index is 0.0408. The number of benzene rings is 2. The van der Waals surface area contributed by atoms with Crippen LogP contribution in [0.15, 0.2) is 48.5 Å². The summed E-state index contributed by atoms with van der Waals surface area (Å²) < 4.78 is 5.62. The van der Waals surface area contributed by atoms with Gasteiger partial charge in [0.05, 0.1) is 5.41 Å². The van der Waals surface area contributed by atoms with Gasteiger partial charge in [-0.05, 0) is 60.8 Å². The molecule has 0 spiro atoms. The highest BCUT2D eigenvalue weighted by Gasteiger charge is 2.48. The number of carboxylic acids is 1. The number of hydrogen-bond acceptors (Lipinski definition) is 4. The molecule has 1 saturated heterocycles. The number of alkyl carbamates (subject to hydrolysis) is 1. The highest BCUT2D eigenvalue weighted by molar-refractivity contribution is 5.84. The van der Waals surface area contributed by atoms with E-state index in [1.807, 2.05) is 24.3 Å². The van der Waals surface area contributed by atoms with Crippen molar-refractivity contribution in [3.05, 3.63) is 59.7 Å². The number of ether oxygens (including phenoxy) is 1. The smallest absolute Gasteiger partial charge is 0.407 e. The zero-order valence-corrected chi connectivity index (χ0v) is 20.0. The van der Waals surface area contributed by atoms with Gasteiger partial charge in [-0.15, -0.1) is 0 Å². The molecule has 2 amide bonds. The number of carbonyl (C=O) groups excluding carboxylic acids is 2. The van der Waals surface area contributed by atoms with Gasteiger partial charge < -0.3 is 20.1 Å². The minimum atomic E-state index is -0.843. The van der Waals surface area contributed by atoms with E-state index in [0.29, 0.717) is 32.2 Å². The molecule has 2 aromatic rings. The molecule has 2 aliphatic carbocycles. The predicted octanol–water partition coefficient (Wildman–Crippen LogP) is 4.26. The van der Waals surface area contributed by atoms with E-state index in [1.54, 1.807) is 11.8 Å². The van der Waals surface area contributed by atoms with E-state index in [-0.39, 0.29) is 17.7 Å². The third-order valence-electron chi connectivity index (χ3n) is 7.98. The van der Waals surface area contributed by atoms with Crippen molar-refractivity contribution in [1.82, 2.24) is 10.2 Å². The standard InChI is InChI=1S/C28H32N2O5/c1-28(26(32)33)16-30(17-28)25(31)19-12-10-18(11-13-19)14-29-27(34)35-15-24-22-8-4-2-6-20(22)21-7-3-5-9-23(21)24/h2-9,18-19,24H,10-17H2,1H3,(H,29,34)(H,32,33). The lowest BCUT2D eigenvalue weighted by molar-refractivity contribution is -0.166. The number of amides is 2. The lowest BCUT2D eigenvalue weighted by atomic mass is 9.77. The van der Waals surface area contributed by atoms with Crippen molar-refractivity contribution in [3.63, 3.8) is 0 Å². The van der Waals surface area contributed by atoms with Crippen LogP contribution in [-0.4, -0.2) is 54.2 Å². The summed E-state index contributed by atoms with van der Waals surface area (Å²) in [5, 5.41) is 12.2. The molecular weight excluding hydrogens is 444 g/mol. The second kappa shape index (κ2) is 9.36. The van der Waals surface area contributed by atoms with Crippen LogP contribution in [0.1, 0.15) is 49.7 Å². The molecule has 0 atom stereocenters. The SMILES string of the molecule is CC1(C(=O)O)CN(C(=O)C2CCC(CNC(=O)OCC3c4ccccc4-c4ccccc43)CC2)C1. The van der Waals surface area contributed by atoms with Crippen molar-refractivity contribution < 1.29 is 24.2 Å². The average molecular weight is 477 g/mol. The van der Waals surface area contributed by atoms with Crippen LogP contribution in [0.25, 0.3) is 11.1 Å². The first-order valence-electron chi connectivity index (χ1n) is 12.5. The van der Waals surface area contributed by atoms with Crippen LogP contribution in [0.3, 0.4) is 0 Å². The molecule has 7 nitrogen and oxygen atoms in total. The molecule has 3 aliphatic rings. The second-order valence-electron chi connectivity index (χ2n) is 10.5. The Labute approximate surface area is 205 Å². The number of nitrogens with zero attached hydrogens (tertiary/aromatic N) is 1. The quantitative estimate of drug-likeness (QED) is 0.649. The van der Waals surface area contributed by atoms with Gasteiger partial charge in [0.1, 0.15) is 6.61 Å². The van der Waals surface area contributed by atoms with Crippen molar-refractivity contribution in [3.8, 4) is 11.1 Å². The van der Waals surface area contributed by atoms with Gasteiger partial charge in [0, 0.05) is 31.5 Å². The monoisotopic (exact) mass is 476 g/mol. The Morgan fingerprint density at radius 2 is 1.54 bits per heavy atom. The van der Waals surface area contributed by atoms with E-state index >= 15 is 0 Å². The van der Waals surface area contributed by atoms with Crippen LogP contribution in [-0.2, 0) is 14.3 Å². The van der Waals surface area contributed by atoms with E-state index < -0.39 is 17.5 Å². The molecule has 2 aromatic carbocycles. The van der Waals surface area contributed by atoms with Crippen molar-refractivity contribution in [2.45, 2.75) is 38.5 Å². The summed E-state index contributed by atoms with van der Waals surface area (Å²) in [5.41, 5.74) is 3.98. The highest BCUT2D eigenvalue weighted by atomic mass is 16.5. The minimum Gasteiger partial charge on any atom is -0.481 e. The third kappa shape index (κ3) is 4.51. The molecule has 184 valence electrons. The topological polar surface area (TPSA) is 95.9 Å². The van der Waals surface area contributed by atoms with Gasteiger partial charge in [-0.1, -0.05) is 48.5 Å². The Hall–Kier alpha value is -3.35. The number of likely N-dealkylation sites (tertiary alicyclic amines) is 1. The van der Waals surface area contributed by atoms with Gasteiger partial charge in [-0.25, -0.2) is 4.79 Å². The highest BCUT2D eigenvalue weighted by Crippen LogP contribution is 2.44. The average Bonchev–Trinajstić information content (AvgIpc) is 3.17. The van der Waals surface area contributed by atoms with Crippen molar-refractivity contribution in [2.75, 3.05) is 26.2 Å². The number of nitrogens with one attached hydrogen (secondary N) is 1. The molecule has 0 aromatic heterocycles. The zero-order chi connectivity index (χ0) is 24.6. The fraction of sp³-hybridized carbons (Fsp3) is 0.464. The van der Waals surface area contributed by atoms with Gasteiger partial charge in [0.25, 0.3) is 0 Å². The Morgan fingerprint density at radius 3 is 2.11 bits per heavy atom. The van der Waals surface area contributed by atoms with Crippen LogP contribution in [0.5, 0.6) is 0 Å². The van der Waals surface area contributed by atoms with Crippen LogP contribution in [0.4, 0.5) is 4.79 Å². The van der Waals surface area contributed by atoms with E-state index in [2.05, 4.69) is 29.6 Å². The number of aliphatic carboxylic acids is 1. The van der Waals surface area contributed by atoms with Crippen LogP contribution < -0.4 is 5.32 Å². The molecule has 7 heteroatoms. The molecule has 1 aliphatic heterocycles. The Bertz CT molecular complexity index is 1090. The summed E-state index contributed by atoms with van der Waals surface area (Å²) in [7, 11) is 0. The fourth-order valence-corrected chi connectivity index (χ4v) is 5.84. The first-order valence-corrected chi connectivity index (χ1v) is 12.5. The number of carbonyl (C=O) groups is 3. The summed E-state index contributed by atoms with van der Waals surface area (Å²) in [6.45, 7) is 3.12. The maximum Gasteiger partial charge on any atom is 0.407 e. The molecule has 0 unspecified atom stereocenters. The first-order chi connectivity index (χ1) is 16.9. The number of rotatable bonds is 6. The maximum atomic E-state index is 12.7. The van der Waals surface area contributed by atoms with Gasteiger partial charge in [0.2, 0.25) is 5.91 Å². The molecular formula is C28H32N2O5. The van der Waals surface area contributed by atoms with Crippen LogP contribution in [0.2, 0.25) is 0 Å². The Balaban J connectivity index is 1.06. The summed E-state index contributed by atoms with van der Waals surface area (Å²) in [5.74, 6) is -0.449. The molecule has 1 heterocycles. The summed E-state index contributed by atoms with van der Waals surface area (Å²) in [6.07, 6.45) is 2.87. The molecule has 35 heavy (non-hydrogen) atoms. The van der Waals surface area contributed by atoms with Gasteiger partial charge in [-0.3, -0.25) is 9.59 Å². The summed E-state index contributed by atoms with van der Waals surface area (Å²) >= 11 is 0. The molecule has 0 radical (unpaired) electrons. The van der Waals surface area contributed by atoms with E-state index in [4.69, 9.17) is 4.74 Å². The lowest BCUT2D eigenvalue weighted by Gasteiger charge is -2.46. The number of hydrogen-bond donors (Lipinski definition) is 2. The van der Waals surface area contributed by atoms with E-state index in [0.717, 1.165) is 25.7 Å².